The molecular formula is C21H20N2O4S. The molecule has 0 aromatic heterocycles. The lowest BCUT2D eigenvalue weighted by Crippen LogP contribution is -2.18. The van der Waals surface area contributed by atoms with Crippen LogP contribution in [0, 0.1) is 0 Å². The Morgan fingerprint density at radius 3 is 2.39 bits per heavy atom. The van der Waals surface area contributed by atoms with Gasteiger partial charge in [-0.15, -0.1) is 0 Å². The van der Waals surface area contributed by atoms with E-state index in [1.165, 1.54) is 12.1 Å². The average Bonchev–Trinajstić information content (AvgIpc) is 2.69. The minimum atomic E-state index is -3.81. The van der Waals surface area contributed by atoms with Crippen molar-refractivity contribution in [3.8, 4) is 5.75 Å². The van der Waals surface area contributed by atoms with Crippen LogP contribution >= 0.6 is 0 Å². The van der Waals surface area contributed by atoms with Crippen LogP contribution in [0.1, 0.15) is 17.3 Å². The van der Waals surface area contributed by atoms with E-state index in [9.17, 15) is 13.2 Å². The molecule has 0 bridgehead atoms. The zero-order valence-electron chi connectivity index (χ0n) is 15.3. The normalized spacial score (nSPS) is 10.9. The summed E-state index contributed by atoms with van der Waals surface area (Å²) in [5.74, 6) is 0.207. The second-order valence-electron chi connectivity index (χ2n) is 5.88. The van der Waals surface area contributed by atoms with Gasteiger partial charge in [0.25, 0.3) is 15.9 Å². The van der Waals surface area contributed by atoms with Gasteiger partial charge in [-0.2, -0.15) is 0 Å². The van der Waals surface area contributed by atoms with Crippen molar-refractivity contribution in [1.82, 2.24) is 0 Å². The Hall–Kier alpha value is -3.32. The molecule has 0 aliphatic rings. The summed E-state index contributed by atoms with van der Waals surface area (Å²) in [6.07, 6.45) is 0. The molecule has 0 aliphatic heterocycles. The topological polar surface area (TPSA) is 84.5 Å². The minimum absolute atomic E-state index is 0.120. The first-order chi connectivity index (χ1) is 13.5. The van der Waals surface area contributed by atoms with Gasteiger partial charge in [0.15, 0.2) is 0 Å². The molecule has 144 valence electrons. The van der Waals surface area contributed by atoms with Gasteiger partial charge >= 0.3 is 0 Å². The van der Waals surface area contributed by atoms with Gasteiger partial charge in [-0.25, -0.2) is 8.42 Å². The second-order valence-corrected chi connectivity index (χ2v) is 7.56. The van der Waals surface area contributed by atoms with Crippen LogP contribution in [0.3, 0.4) is 0 Å². The van der Waals surface area contributed by atoms with Crippen LogP contribution in [0.2, 0.25) is 0 Å². The molecule has 0 radical (unpaired) electrons. The molecule has 7 heteroatoms. The predicted molar refractivity (Wildman–Crippen MR) is 109 cm³/mol. The zero-order valence-corrected chi connectivity index (χ0v) is 16.1. The maximum Gasteiger partial charge on any atom is 0.261 e. The van der Waals surface area contributed by atoms with Gasteiger partial charge in [0, 0.05) is 11.8 Å². The van der Waals surface area contributed by atoms with Crippen molar-refractivity contribution in [2.24, 2.45) is 0 Å². The second kappa shape index (κ2) is 8.58. The molecule has 28 heavy (non-hydrogen) atoms. The number of rotatable bonds is 7. The summed E-state index contributed by atoms with van der Waals surface area (Å²) in [5, 5.41) is 2.77. The van der Waals surface area contributed by atoms with E-state index in [0.717, 1.165) is 0 Å². The van der Waals surface area contributed by atoms with Crippen molar-refractivity contribution >= 4 is 27.3 Å². The van der Waals surface area contributed by atoms with E-state index in [1.807, 2.05) is 6.92 Å². The molecule has 0 saturated carbocycles. The molecule has 1 amide bonds. The molecule has 6 nitrogen and oxygen atoms in total. The highest BCUT2D eigenvalue weighted by molar-refractivity contribution is 7.92. The van der Waals surface area contributed by atoms with Gasteiger partial charge in [-0.05, 0) is 43.3 Å². The van der Waals surface area contributed by atoms with Crippen molar-refractivity contribution < 1.29 is 17.9 Å². The van der Waals surface area contributed by atoms with Gasteiger partial charge in [0.05, 0.1) is 22.8 Å². The molecule has 0 spiro atoms. The quantitative estimate of drug-likeness (QED) is 0.629. The number of anilines is 2. The third kappa shape index (κ3) is 4.69. The Morgan fingerprint density at radius 2 is 1.64 bits per heavy atom. The molecule has 3 aromatic carbocycles. The SMILES string of the molecule is CCOc1cccc(NC(=O)c2ccccc2NS(=O)(=O)c2ccccc2)c1. The van der Waals surface area contributed by atoms with Gasteiger partial charge in [0.1, 0.15) is 5.75 Å². The smallest absolute Gasteiger partial charge is 0.261 e. The number of sulfonamides is 1. The van der Waals surface area contributed by atoms with Crippen molar-refractivity contribution in [3.05, 3.63) is 84.4 Å². The first kappa shape index (κ1) is 19.4. The predicted octanol–water partition coefficient (Wildman–Crippen LogP) is 4.14. The number of carbonyl (C=O) groups is 1. The van der Waals surface area contributed by atoms with Crippen LogP contribution in [0.25, 0.3) is 0 Å². The van der Waals surface area contributed by atoms with Crippen molar-refractivity contribution in [1.29, 1.82) is 0 Å². The maximum atomic E-state index is 12.7. The summed E-state index contributed by atoms with van der Waals surface area (Å²) < 4.78 is 33.1. The van der Waals surface area contributed by atoms with Crippen molar-refractivity contribution in [2.75, 3.05) is 16.6 Å². The number of ether oxygens (including phenoxy) is 1. The fraction of sp³-hybridized carbons (Fsp3) is 0.0952. The number of carbonyl (C=O) groups excluding carboxylic acids is 1. The number of amides is 1. The first-order valence-corrected chi connectivity index (χ1v) is 10.2. The van der Waals surface area contributed by atoms with Crippen LogP contribution in [0.15, 0.2) is 83.8 Å². The molecular weight excluding hydrogens is 376 g/mol. The third-order valence-corrected chi connectivity index (χ3v) is 5.25. The van der Waals surface area contributed by atoms with E-state index in [0.29, 0.717) is 18.0 Å². The summed E-state index contributed by atoms with van der Waals surface area (Å²) in [7, 11) is -3.81. The summed E-state index contributed by atoms with van der Waals surface area (Å²) in [6, 6.07) is 21.4. The third-order valence-electron chi connectivity index (χ3n) is 3.87. The van der Waals surface area contributed by atoms with E-state index in [4.69, 9.17) is 4.74 Å². The monoisotopic (exact) mass is 396 g/mol. The lowest BCUT2D eigenvalue weighted by atomic mass is 10.1. The van der Waals surface area contributed by atoms with E-state index in [-0.39, 0.29) is 16.1 Å². The van der Waals surface area contributed by atoms with Gasteiger partial charge < -0.3 is 10.1 Å². The Bertz CT molecular complexity index is 1070. The molecule has 0 aliphatic carbocycles. The average molecular weight is 396 g/mol. The summed E-state index contributed by atoms with van der Waals surface area (Å²) >= 11 is 0. The number of nitrogens with one attached hydrogen (secondary N) is 2. The van der Waals surface area contributed by atoms with E-state index < -0.39 is 15.9 Å². The number of hydrogen-bond acceptors (Lipinski definition) is 4. The summed E-state index contributed by atoms with van der Waals surface area (Å²) in [6.45, 7) is 2.39. The molecule has 2 N–H and O–H groups in total. The number of hydrogen-bond donors (Lipinski definition) is 2. The largest absolute Gasteiger partial charge is 0.494 e. The Morgan fingerprint density at radius 1 is 0.929 bits per heavy atom. The van der Waals surface area contributed by atoms with Gasteiger partial charge in [-0.3, -0.25) is 9.52 Å². The van der Waals surface area contributed by atoms with Crippen LogP contribution in [0.5, 0.6) is 5.75 Å². The fourth-order valence-corrected chi connectivity index (χ4v) is 3.70. The highest BCUT2D eigenvalue weighted by Crippen LogP contribution is 2.23. The van der Waals surface area contributed by atoms with Crippen LogP contribution in [0.4, 0.5) is 11.4 Å². The summed E-state index contributed by atoms with van der Waals surface area (Å²) in [4.78, 5) is 12.9. The zero-order chi connectivity index (χ0) is 20.0. The Balaban J connectivity index is 1.84. The maximum absolute atomic E-state index is 12.7. The molecule has 0 unspecified atom stereocenters. The molecule has 3 rings (SSSR count). The van der Waals surface area contributed by atoms with Crippen LogP contribution in [-0.4, -0.2) is 20.9 Å². The highest BCUT2D eigenvalue weighted by atomic mass is 32.2. The molecule has 0 heterocycles. The summed E-state index contributed by atoms with van der Waals surface area (Å²) in [5.41, 5.74) is 0.963. The van der Waals surface area contributed by atoms with E-state index in [2.05, 4.69) is 10.0 Å². The molecule has 0 fully saturated rings. The number of para-hydroxylation sites is 1. The molecule has 0 atom stereocenters. The standard InChI is InChI=1S/C21H20N2O4S/c1-2-27-17-10-8-9-16(15-17)22-21(24)19-13-6-7-14-20(19)23-28(25,26)18-11-4-3-5-12-18/h3-15,23H,2H2,1H3,(H,22,24). The highest BCUT2D eigenvalue weighted by Gasteiger charge is 2.18. The Kier molecular flexibility index (Phi) is 5.96. The van der Waals surface area contributed by atoms with Gasteiger partial charge in [-0.1, -0.05) is 36.4 Å². The van der Waals surface area contributed by atoms with Crippen LogP contribution < -0.4 is 14.8 Å². The Labute approximate surface area is 164 Å². The number of benzene rings is 3. The minimum Gasteiger partial charge on any atom is -0.494 e. The lowest BCUT2D eigenvalue weighted by Gasteiger charge is -2.13. The molecule has 3 aromatic rings. The van der Waals surface area contributed by atoms with Crippen LogP contribution in [-0.2, 0) is 10.0 Å². The lowest BCUT2D eigenvalue weighted by molar-refractivity contribution is 0.102. The van der Waals surface area contributed by atoms with Gasteiger partial charge in [0.2, 0.25) is 0 Å². The first-order valence-electron chi connectivity index (χ1n) is 8.71. The molecule has 0 saturated heterocycles. The van der Waals surface area contributed by atoms with Crippen molar-refractivity contribution in [2.45, 2.75) is 11.8 Å². The fourth-order valence-electron chi connectivity index (χ4n) is 2.60. The van der Waals surface area contributed by atoms with Crippen molar-refractivity contribution in [3.63, 3.8) is 0 Å². The van der Waals surface area contributed by atoms with E-state index >= 15 is 0 Å². The van der Waals surface area contributed by atoms with E-state index in [1.54, 1.807) is 66.7 Å².